The molecule has 0 saturated carbocycles. The molecule has 11 heteroatoms. The van der Waals surface area contributed by atoms with Crippen molar-refractivity contribution in [1.82, 2.24) is 20.9 Å². The number of fused-ring (bicyclic) bond motifs is 1. The molecule has 0 aliphatic heterocycles. The number of carbonyl (C=O) groups is 4. The maximum atomic E-state index is 13.3. The van der Waals surface area contributed by atoms with Gasteiger partial charge in [0.1, 0.15) is 23.9 Å². The number of hydrogen-bond donors (Lipinski definition) is 7. The summed E-state index contributed by atoms with van der Waals surface area (Å²) < 4.78 is 0. The summed E-state index contributed by atoms with van der Waals surface area (Å²) in [6, 6.07) is 18.2. The van der Waals surface area contributed by atoms with Gasteiger partial charge in [0.25, 0.3) is 0 Å². The molecule has 0 fully saturated rings. The first-order valence-electron chi connectivity index (χ1n) is 13.9. The van der Waals surface area contributed by atoms with Crippen LogP contribution in [0.25, 0.3) is 10.9 Å². The molecule has 11 nitrogen and oxygen atoms in total. The molecule has 0 aliphatic rings. The fourth-order valence-corrected chi connectivity index (χ4v) is 4.71. The van der Waals surface area contributed by atoms with E-state index in [1.165, 1.54) is 19.1 Å². The number of aliphatic carboxylic acids is 1. The van der Waals surface area contributed by atoms with E-state index in [2.05, 4.69) is 20.9 Å². The monoisotopic (exact) mass is 585 g/mol. The first-order valence-corrected chi connectivity index (χ1v) is 13.9. The fraction of sp³-hybridized carbons (Fsp3) is 0.250. The molecule has 0 saturated heterocycles. The van der Waals surface area contributed by atoms with Gasteiger partial charge in [0, 0.05) is 29.9 Å². The lowest BCUT2D eigenvalue weighted by Crippen LogP contribution is -2.57. The minimum atomic E-state index is -1.24. The van der Waals surface area contributed by atoms with Gasteiger partial charge in [-0.15, -0.1) is 0 Å². The second-order valence-corrected chi connectivity index (χ2v) is 10.4. The maximum Gasteiger partial charge on any atom is 0.326 e. The Morgan fingerprint density at radius 2 is 1.35 bits per heavy atom. The van der Waals surface area contributed by atoms with Crippen LogP contribution in [0.5, 0.6) is 5.75 Å². The molecule has 4 rings (SSSR count). The van der Waals surface area contributed by atoms with Crippen molar-refractivity contribution in [2.24, 2.45) is 5.73 Å². The van der Waals surface area contributed by atoms with Crippen LogP contribution in [0.1, 0.15) is 23.6 Å². The Bertz CT molecular complexity index is 1570. The Kier molecular flexibility index (Phi) is 10.1. The highest BCUT2D eigenvalue weighted by atomic mass is 16.4. The van der Waals surface area contributed by atoms with Crippen LogP contribution in [0.3, 0.4) is 0 Å². The first kappa shape index (κ1) is 30.8. The van der Waals surface area contributed by atoms with Gasteiger partial charge in [0.05, 0.1) is 6.04 Å². The Hall–Kier alpha value is -5.16. The Labute approximate surface area is 248 Å². The number of phenolic OH excluding ortho intramolecular Hbond substituents is 1. The molecule has 43 heavy (non-hydrogen) atoms. The number of rotatable bonds is 13. The van der Waals surface area contributed by atoms with Gasteiger partial charge in [0.15, 0.2) is 0 Å². The van der Waals surface area contributed by atoms with E-state index in [0.29, 0.717) is 5.56 Å². The standard InChI is InChI=1S/C32H35N5O6/c1-19(35-30(40)25(33)17-22-18-34-26-10-6-5-9-24(22)26)29(39)36-27(15-21-11-13-23(38)14-12-21)31(41)37-28(32(42)43)16-20-7-3-2-4-8-20/h2-14,18-19,25,27-28,34,38H,15-17,33H2,1H3,(H,35,40)(H,36,39)(H,37,41)(H,42,43). The SMILES string of the molecule is CC(NC(=O)C(N)Cc1c[nH]c2ccccc12)C(=O)NC(Cc1ccc(O)cc1)C(=O)NC(Cc1ccccc1)C(=O)O. The van der Waals surface area contributed by atoms with Gasteiger partial charge in [0.2, 0.25) is 17.7 Å². The largest absolute Gasteiger partial charge is 0.508 e. The highest BCUT2D eigenvalue weighted by Gasteiger charge is 2.29. The van der Waals surface area contributed by atoms with Crippen LogP contribution in [0.2, 0.25) is 0 Å². The summed E-state index contributed by atoms with van der Waals surface area (Å²) in [4.78, 5) is 54.5. The van der Waals surface area contributed by atoms with E-state index in [1.54, 1.807) is 48.7 Å². The number of nitrogens with one attached hydrogen (secondary N) is 4. The fourth-order valence-electron chi connectivity index (χ4n) is 4.71. The van der Waals surface area contributed by atoms with Gasteiger partial charge < -0.3 is 36.9 Å². The average molecular weight is 586 g/mol. The summed E-state index contributed by atoms with van der Waals surface area (Å²) in [5.41, 5.74) is 9.28. The summed E-state index contributed by atoms with van der Waals surface area (Å²) in [5, 5.41) is 28.1. The van der Waals surface area contributed by atoms with Crippen molar-refractivity contribution < 1.29 is 29.4 Å². The molecule has 1 heterocycles. The molecule has 3 aromatic carbocycles. The molecule has 4 aromatic rings. The third kappa shape index (κ3) is 8.43. The van der Waals surface area contributed by atoms with E-state index in [9.17, 15) is 29.4 Å². The number of aromatic nitrogens is 1. The van der Waals surface area contributed by atoms with E-state index < -0.39 is 47.9 Å². The molecule has 3 amide bonds. The summed E-state index contributed by atoms with van der Waals surface area (Å²) in [5.74, 6) is -3.10. The number of nitrogens with two attached hydrogens (primary N) is 1. The number of carboxylic acids is 1. The van der Waals surface area contributed by atoms with E-state index in [1.807, 2.05) is 24.3 Å². The number of carboxylic acid groups (broad SMARTS) is 1. The Morgan fingerprint density at radius 3 is 2.05 bits per heavy atom. The van der Waals surface area contributed by atoms with Crippen molar-refractivity contribution >= 4 is 34.6 Å². The summed E-state index contributed by atoms with van der Waals surface area (Å²) >= 11 is 0. The average Bonchev–Trinajstić information content (AvgIpc) is 3.40. The van der Waals surface area contributed by atoms with Gasteiger partial charge >= 0.3 is 5.97 Å². The minimum Gasteiger partial charge on any atom is -0.508 e. The molecule has 224 valence electrons. The number of amides is 3. The zero-order valence-corrected chi connectivity index (χ0v) is 23.6. The number of phenols is 1. The minimum absolute atomic E-state index is 0.0102. The number of hydrogen-bond acceptors (Lipinski definition) is 6. The number of H-pyrrole nitrogens is 1. The van der Waals surface area contributed by atoms with Crippen molar-refractivity contribution in [1.29, 1.82) is 0 Å². The molecule has 0 bridgehead atoms. The highest BCUT2D eigenvalue weighted by molar-refractivity contribution is 5.94. The molecule has 1 aromatic heterocycles. The van der Waals surface area contributed by atoms with Gasteiger partial charge in [-0.2, -0.15) is 0 Å². The second kappa shape index (κ2) is 14.1. The van der Waals surface area contributed by atoms with E-state index in [-0.39, 0.29) is 25.0 Å². The number of benzene rings is 3. The second-order valence-electron chi connectivity index (χ2n) is 10.4. The molecular formula is C32H35N5O6. The third-order valence-electron chi connectivity index (χ3n) is 7.11. The molecule has 0 radical (unpaired) electrons. The van der Waals surface area contributed by atoms with Crippen molar-refractivity contribution in [2.45, 2.75) is 50.4 Å². The van der Waals surface area contributed by atoms with Crippen LogP contribution in [0, 0.1) is 0 Å². The van der Waals surface area contributed by atoms with E-state index in [4.69, 9.17) is 5.73 Å². The number of carbonyl (C=O) groups excluding carboxylic acids is 3. The van der Waals surface area contributed by atoms with Crippen LogP contribution >= 0.6 is 0 Å². The van der Waals surface area contributed by atoms with Gasteiger partial charge in [-0.3, -0.25) is 14.4 Å². The first-order chi connectivity index (χ1) is 20.6. The van der Waals surface area contributed by atoms with Crippen molar-refractivity contribution in [2.75, 3.05) is 0 Å². The zero-order valence-electron chi connectivity index (χ0n) is 23.6. The maximum absolute atomic E-state index is 13.3. The smallest absolute Gasteiger partial charge is 0.326 e. The quantitative estimate of drug-likeness (QED) is 0.125. The van der Waals surface area contributed by atoms with Crippen LogP contribution in [0.4, 0.5) is 0 Å². The lowest BCUT2D eigenvalue weighted by molar-refractivity contribution is -0.142. The predicted octanol–water partition coefficient (Wildman–Crippen LogP) is 1.79. The van der Waals surface area contributed by atoms with Crippen LogP contribution in [-0.2, 0) is 38.4 Å². The number of aromatic amines is 1. The van der Waals surface area contributed by atoms with E-state index >= 15 is 0 Å². The summed E-state index contributed by atoms with van der Waals surface area (Å²) in [7, 11) is 0. The van der Waals surface area contributed by atoms with Gasteiger partial charge in [-0.25, -0.2) is 4.79 Å². The molecule has 8 N–H and O–H groups in total. The molecule has 0 aliphatic carbocycles. The molecule has 0 spiro atoms. The highest BCUT2D eigenvalue weighted by Crippen LogP contribution is 2.19. The van der Waals surface area contributed by atoms with Crippen molar-refractivity contribution in [3.8, 4) is 5.75 Å². The lowest BCUT2D eigenvalue weighted by atomic mass is 10.0. The summed E-state index contributed by atoms with van der Waals surface area (Å²) in [6.07, 6.45) is 2.09. The Balaban J connectivity index is 1.42. The van der Waals surface area contributed by atoms with Gasteiger partial charge in [-0.05, 0) is 48.2 Å². The lowest BCUT2D eigenvalue weighted by Gasteiger charge is -2.24. The zero-order chi connectivity index (χ0) is 30.9. The molecule has 4 atom stereocenters. The van der Waals surface area contributed by atoms with Crippen LogP contribution in [-0.4, -0.2) is 63.1 Å². The topological polar surface area (TPSA) is 187 Å². The van der Waals surface area contributed by atoms with Crippen molar-refractivity contribution in [3.05, 3.63) is 102 Å². The third-order valence-corrected chi connectivity index (χ3v) is 7.11. The van der Waals surface area contributed by atoms with Crippen LogP contribution in [0.15, 0.2) is 85.1 Å². The number of para-hydroxylation sites is 1. The molecule has 4 unspecified atom stereocenters. The normalized spacial score (nSPS) is 13.8. The van der Waals surface area contributed by atoms with Crippen LogP contribution < -0.4 is 21.7 Å². The van der Waals surface area contributed by atoms with Crippen molar-refractivity contribution in [3.63, 3.8) is 0 Å². The molecular weight excluding hydrogens is 550 g/mol. The predicted molar refractivity (Wildman–Crippen MR) is 161 cm³/mol. The summed E-state index contributed by atoms with van der Waals surface area (Å²) in [6.45, 7) is 1.47. The number of aromatic hydroxyl groups is 1. The van der Waals surface area contributed by atoms with Gasteiger partial charge in [-0.1, -0.05) is 60.7 Å². The Morgan fingerprint density at radius 1 is 0.744 bits per heavy atom. The van der Waals surface area contributed by atoms with E-state index in [0.717, 1.165) is 22.0 Å².